The normalized spacial score (nSPS) is 11.3. The first-order valence-electron chi connectivity index (χ1n) is 8.74. The van der Waals surface area contributed by atoms with E-state index in [4.69, 9.17) is 0 Å². The quantitative estimate of drug-likeness (QED) is 0.363. The van der Waals surface area contributed by atoms with Gasteiger partial charge in [-0.05, 0) is 25.0 Å². The number of rotatable bonds is 8. The number of halogens is 1. The van der Waals surface area contributed by atoms with Crippen LogP contribution in [-0.4, -0.2) is 33.8 Å². The summed E-state index contributed by atoms with van der Waals surface area (Å²) in [4.78, 5) is 4.65. The van der Waals surface area contributed by atoms with Gasteiger partial charge in [-0.25, -0.2) is 4.99 Å². The van der Waals surface area contributed by atoms with E-state index in [1.807, 2.05) is 34.9 Å². The number of aliphatic imine (C=N–C) groups is 1. The van der Waals surface area contributed by atoms with E-state index in [0.717, 1.165) is 30.6 Å². The highest BCUT2D eigenvalue weighted by atomic mass is 127. The predicted octanol–water partition coefficient (Wildman–Crippen LogP) is 3.38. The molecule has 2 N–H and O–H groups in total. The third kappa shape index (κ3) is 6.64. The van der Waals surface area contributed by atoms with Crippen molar-refractivity contribution in [3.8, 4) is 5.69 Å². The molecule has 7 heteroatoms. The summed E-state index contributed by atoms with van der Waals surface area (Å²) in [5.41, 5.74) is 1.04. The Kier molecular flexibility index (Phi) is 10.1. The van der Waals surface area contributed by atoms with Crippen molar-refractivity contribution in [2.24, 2.45) is 10.9 Å². The van der Waals surface area contributed by atoms with Crippen molar-refractivity contribution < 1.29 is 0 Å². The van der Waals surface area contributed by atoms with E-state index in [1.54, 1.807) is 6.33 Å². The lowest BCUT2D eigenvalue weighted by Gasteiger charge is -2.16. The van der Waals surface area contributed by atoms with E-state index in [9.17, 15) is 0 Å². The largest absolute Gasteiger partial charge is 0.357 e. The summed E-state index contributed by atoms with van der Waals surface area (Å²) in [5, 5.41) is 14.9. The van der Waals surface area contributed by atoms with Crippen LogP contribution in [0.2, 0.25) is 0 Å². The maximum atomic E-state index is 4.65. The van der Waals surface area contributed by atoms with Gasteiger partial charge in [-0.2, -0.15) is 0 Å². The maximum Gasteiger partial charge on any atom is 0.191 e. The molecule has 0 unspecified atom stereocenters. The smallest absolute Gasteiger partial charge is 0.191 e. The minimum Gasteiger partial charge on any atom is -0.357 e. The third-order valence-corrected chi connectivity index (χ3v) is 4.09. The molecule has 0 radical (unpaired) electrons. The van der Waals surface area contributed by atoms with E-state index in [0.29, 0.717) is 12.5 Å². The molecule has 2 aromatic rings. The molecular formula is C18H29IN6. The molecule has 0 fully saturated rings. The molecular weight excluding hydrogens is 427 g/mol. The number of benzene rings is 1. The van der Waals surface area contributed by atoms with Crippen LogP contribution < -0.4 is 10.6 Å². The SMILES string of the molecule is CCNC(=NCc1nncn1-c1ccccc1)NCC(CC)CC.I. The van der Waals surface area contributed by atoms with Gasteiger partial charge in [0.2, 0.25) is 0 Å². The molecule has 1 heterocycles. The summed E-state index contributed by atoms with van der Waals surface area (Å²) < 4.78 is 1.97. The summed E-state index contributed by atoms with van der Waals surface area (Å²) in [5.74, 6) is 2.31. The molecule has 2 rings (SSSR count). The Morgan fingerprint density at radius 1 is 1.12 bits per heavy atom. The average Bonchev–Trinajstić information content (AvgIpc) is 3.09. The van der Waals surface area contributed by atoms with Gasteiger partial charge in [-0.3, -0.25) is 4.57 Å². The minimum absolute atomic E-state index is 0. The van der Waals surface area contributed by atoms with E-state index < -0.39 is 0 Å². The van der Waals surface area contributed by atoms with E-state index in [1.165, 1.54) is 12.8 Å². The number of aromatic nitrogens is 3. The lowest BCUT2D eigenvalue weighted by atomic mass is 10.0. The number of hydrogen-bond donors (Lipinski definition) is 2. The number of guanidine groups is 1. The fourth-order valence-corrected chi connectivity index (χ4v) is 2.48. The van der Waals surface area contributed by atoms with Crippen LogP contribution in [0.1, 0.15) is 39.4 Å². The van der Waals surface area contributed by atoms with Gasteiger partial charge in [-0.1, -0.05) is 44.9 Å². The van der Waals surface area contributed by atoms with E-state index in [2.05, 4.69) is 46.6 Å². The molecule has 0 bridgehead atoms. The average molecular weight is 456 g/mol. The first-order valence-corrected chi connectivity index (χ1v) is 8.74. The van der Waals surface area contributed by atoms with Crippen molar-refractivity contribution in [1.82, 2.24) is 25.4 Å². The monoisotopic (exact) mass is 456 g/mol. The molecule has 25 heavy (non-hydrogen) atoms. The van der Waals surface area contributed by atoms with Gasteiger partial charge >= 0.3 is 0 Å². The van der Waals surface area contributed by atoms with Gasteiger partial charge in [0.05, 0.1) is 0 Å². The molecule has 0 saturated heterocycles. The Balaban J connectivity index is 0.00000312. The molecule has 0 aliphatic heterocycles. The van der Waals surface area contributed by atoms with Gasteiger partial charge in [0.15, 0.2) is 11.8 Å². The Labute approximate surface area is 167 Å². The van der Waals surface area contributed by atoms with Crippen molar-refractivity contribution in [2.45, 2.75) is 40.2 Å². The van der Waals surface area contributed by atoms with Crippen LogP contribution in [0.4, 0.5) is 0 Å². The van der Waals surface area contributed by atoms with Crippen molar-refractivity contribution in [3.05, 3.63) is 42.5 Å². The fourth-order valence-electron chi connectivity index (χ4n) is 2.48. The Bertz CT molecular complexity index is 622. The molecule has 0 amide bonds. The summed E-state index contributed by atoms with van der Waals surface area (Å²) in [6, 6.07) is 10.1. The van der Waals surface area contributed by atoms with Crippen molar-refractivity contribution in [3.63, 3.8) is 0 Å². The number of hydrogen-bond acceptors (Lipinski definition) is 3. The second-order valence-corrected chi connectivity index (χ2v) is 5.71. The van der Waals surface area contributed by atoms with Gasteiger partial charge in [0.25, 0.3) is 0 Å². The molecule has 0 spiro atoms. The van der Waals surface area contributed by atoms with E-state index >= 15 is 0 Å². The molecule has 0 saturated carbocycles. The molecule has 1 aromatic heterocycles. The van der Waals surface area contributed by atoms with Crippen LogP contribution in [0.5, 0.6) is 0 Å². The second-order valence-electron chi connectivity index (χ2n) is 5.71. The van der Waals surface area contributed by atoms with Crippen LogP contribution >= 0.6 is 24.0 Å². The van der Waals surface area contributed by atoms with E-state index in [-0.39, 0.29) is 24.0 Å². The Morgan fingerprint density at radius 2 is 1.84 bits per heavy atom. The summed E-state index contributed by atoms with van der Waals surface area (Å²) in [7, 11) is 0. The summed E-state index contributed by atoms with van der Waals surface area (Å²) >= 11 is 0. The predicted molar refractivity (Wildman–Crippen MR) is 114 cm³/mol. The standard InChI is InChI=1S/C18H28N6.HI/c1-4-15(5-2)12-20-18(19-6-3)21-13-17-23-22-14-24(17)16-10-8-7-9-11-16;/h7-11,14-15H,4-6,12-13H2,1-3H3,(H2,19,20,21);1H. The Morgan fingerprint density at radius 3 is 2.48 bits per heavy atom. The van der Waals surface area contributed by atoms with Gasteiger partial charge in [0.1, 0.15) is 12.9 Å². The molecule has 6 nitrogen and oxygen atoms in total. The highest BCUT2D eigenvalue weighted by Gasteiger charge is 2.08. The molecule has 138 valence electrons. The minimum atomic E-state index is 0. The number of nitrogens with zero attached hydrogens (tertiary/aromatic N) is 4. The lowest BCUT2D eigenvalue weighted by Crippen LogP contribution is -2.39. The molecule has 0 aliphatic carbocycles. The van der Waals surface area contributed by atoms with Crippen LogP contribution in [0.25, 0.3) is 5.69 Å². The summed E-state index contributed by atoms with van der Waals surface area (Å²) in [6.07, 6.45) is 4.07. The summed E-state index contributed by atoms with van der Waals surface area (Å²) in [6.45, 7) is 8.77. The zero-order valence-corrected chi connectivity index (χ0v) is 17.6. The fraction of sp³-hybridized carbons (Fsp3) is 0.500. The first-order chi connectivity index (χ1) is 11.8. The maximum absolute atomic E-state index is 4.65. The van der Waals surface area contributed by atoms with Crippen molar-refractivity contribution in [1.29, 1.82) is 0 Å². The lowest BCUT2D eigenvalue weighted by molar-refractivity contribution is 0.481. The topological polar surface area (TPSA) is 67.1 Å². The molecule has 1 aromatic carbocycles. The van der Waals surface area contributed by atoms with Gasteiger partial charge < -0.3 is 10.6 Å². The number of para-hydroxylation sites is 1. The van der Waals surface area contributed by atoms with Gasteiger partial charge in [-0.15, -0.1) is 34.2 Å². The zero-order chi connectivity index (χ0) is 17.2. The van der Waals surface area contributed by atoms with Crippen molar-refractivity contribution in [2.75, 3.05) is 13.1 Å². The highest BCUT2D eigenvalue weighted by molar-refractivity contribution is 14.0. The zero-order valence-electron chi connectivity index (χ0n) is 15.3. The van der Waals surface area contributed by atoms with Crippen LogP contribution in [0.3, 0.4) is 0 Å². The molecule has 0 atom stereocenters. The molecule has 0 aliphatic rings. The highest BCUT2D eigenvalue weighted by Crippen LogP contribution is 2.09. The first kappa shape index (κ1) is 21.4. The van der Waals surface area contributed by atoms with Crippen LogP contribution in [0.15, 0.2) is 41.7 Å². The van der Waals surface area contributed by atoms with Gasteiger partial charge in [0, 0.05) is 18.8 Å². The van der Waals surface area contributed by atoms with Crippen LogP contribution in [0, 0.1) is 5.92 Å². The Hall–Kier alpha value is -1.64. The number of nitrogens with one attached hydrogen (secondary N) is 2. The van der Waals surface area contributed by atoms with Crippen LogP contribution in [-0.2, 0) is 6.54 Å². The second kappa shape index (κ2) is 11.8. The third-order valence-electron chi connectivity index (χ3n) is 4.09. The van der Waals surface area contributed by atoms with Crippen molar-refractivity contribution >= 4 is 29.9 Å².